The summed E-state index contributed by atoms with van der Waals surface area (Å²) in [6.07, 6.45) is 0. The summed E-state index contributed by atoms with van der Waals surface area (Å²) in [6.45, 7) is 10.2. The van der Waals surface area contributed by atoms with Gasteiger partial charge in [0.25, 0.3) is 0 Å². The number of rotatable bonds is 5. The van der Waals surface area contributed by atoms with Crippen LogP contribution in [0.25, 0.3) is 0 Å². The number of ether oxygens (including phenoxy) is 1. The van der Waals surface area contributed by atoms with Crippen molar-refractivity contribution >= 4 is 5.96 Å². The molecule has 1 saturated heterocycles. The molecule has 6 nitrogen and oxygen atoms in total. The van der Waals surface area contributed by atoms with Crippen LogP contribution in [-0.2, 0) is 6.54 Å². The SMILES string of the molecule is CN=C(NCc1cc(OC)ccc1O)N1CCN(CC(C)C)CC1. The number of guanidine groups is 1. The average Bonchev–Trinajstić information content (AvgIpc) is 2.57. The van der Waals surface area contributed by atoms with Gasteiger partial charge in [0.15, 0.2) is 5.96 Å². The van der Waals surface area contributed by atoms with E-state index < -0.39 is 0 Å². The molecular formula is C18H30N4O2. The van der Waals surface area contributed by atoms with Crippen LogP contribution in [0.2, 0.25) is 0 Å². The molecule has 0 aliphatic carbocycles. The van der Waals surface area contributed by atoms with Crippen LogP contribution in [0.4, 0.5) is 0 Å². The number of benzene rings is 1. The lowest BCUT2D eigenvalue weighted by atomic mass is 10.2. The second-order valence-electron chi connectivity index (χ2n) is 6.58. The van der Waals surface area contributed by atoms with Crippen molar-refractivity contribution in [3.05, 3.63) is 23.8 Å². The van der Waals surface area contributed by atoms with E-state index in [9.17, 15) is 5.11 Å². The van der Waals surface area contributed by atoms with Crippen LogP contribution in [0.3, 0.4) is 0 Å². The van der Waals surface area contributed by atoms with E-state index in [1.54, 1.807) is 26.3 Å². The lowest BCUT2D eigenvalue weighted by molar-refractivity contribution is 0.164. The number of aromatic hydroxyl groups is 1. The quantitative estimate of drug-likeness (QED) is 0.635. The van der Waals surface area contributed by atoms with Crippen LogP contribution in [0.1, 0.15) is 19.4 Å². The van der Waals surface area contributed by atoms with Crippen molar-refractivity contribution in [1.82, 2.24) is 15.1 Å². The monoisotopic (exact) mass is 334 g/mol. The number of phenolic OH excluding ortho intramolecular Hbond substituents is 1. The minimum absolute atomic E-state index is 0.264. The van der Waals surface area contributed by atoms with E-state index in [0.29, 0.717) is 12.5 Å². The molecule has 0 bridgehead atoms. The van der Waals surface area contributed by atoms with Crippen molar-refractivity contribution in [3.8, 4) is 11.5 Å². The third-order valence-corrected chi connectivity index (χ3v) is 4.23. The highest BCUT2D eigenvalue weighted by Crippen LogP contribution is 2.22. The molecule has 0 unspecified atom stereocenters. The molecule has 1 aliphatic rings. The highest BCUT2D eigenvalue weighted by Gasteiger charge is 2.20. The molecule has 134 valence electrons. The Kier molecular flexibility index (Phi) is 6.73. The molecule has 0 spiro atoms. The second-order valence-corrected chi connectivity index (χ2v) is 6.58. The number of piperazine rings is 1. The zero-order chi connectivity index (χ0) is 17.5. The minimum Gasteiger partial charge on any atom is -0.508 e. The maximum Gasteiger partial charge on any atom is 0.194 e. The molecule has 1 aromatic rings. The highest BCUT2D eigenvalue weighted by molar-refractivity contribution is 5.80. The number of nitrogens with one attached hydrogen (secondary N) is 1. The minimum atomic E-state index is 0.264. The van der Waals surface area contributed by atoms with Crippen molar-refractivity contribution in [1.29, 1.82) is 0 Å². The van der Waals surface area contributed by atoms with Crippen molar-refractivity contribution in [2.45, 2.75) is 20.4 Å². The van der Waals surface area contributed by atoms with Crippen molar-refractivity contribution in [2.75, 3.05) is 46.9 Å². The first-order valence-electron chi connectivity index (χ1n) is 8.57. The summed E-state index contributed by atoms with van der Waals surface area (Å²) in [5, 5.41) is 13.3. The van der Waals surface area contributed by atoms with Gasteiger partial charge in [-0.2, -0.15) is 0 Å². The van der Waals surface area contributed by atoms with E-state index in [1.807, 2.05) is 6.07 Å². The van der Waals surface area contributed by atoms with Gasteiger partial charge in [-0.15, -0.1) is 0 Å². The molecule has 0 amide bonds. The molecular weight excluding hydrogens is 304 g/mol. The van der Waals surface area contributed by atoms with Crippen LogP contribution in [-0.4, -0.2) is 67.7 Å². The Balaban J connectivity index is 1.90. The average molecular weight is 334 g/mol. The van der Waals surface area contributed by atoms with E-state index >= 15 is 0 Å². The van der Waals surface area contributed by atoms with Gasteiger partial charge in [-0.05, 0) is 24.1 Å². The van der Waals surface area contributed by atoms with Gasteiger partial charge in [0, 0.05) is 51.9 Å². The third-order valence-electron chi connectivity index (χ3n) is 4.23. The fourth-order valence-corrected chi connectivity index (χ4v) is 3.00. The number of hydrogen-bond acceptors (Lipinski definition) is 4. The number of methoxy groups -OCH3 is 1. The Hall–Kier alpha value is -1.95. The molecule has 2 rings (SSSR count). The fraction of sp³-hybridized carbons (Fsp3) is 0.611. The van der Waals surface area contributed by atoms with Gasteiger partial charge in [-0.25, -0.2) is 0 Å². The third kappa shape index (κ3) is 5.03. The highest BCUT2D eigenvalue weighted by atomic mass is 16.5. The lowest BCUT2D eigenvalue weighted by Gasteiger charge is -2.37. The Morgan fingerprint density at radius 2 is 2.00 bits per heavy atom. The maximum absolute atomic E-state index is 9.99. The fourth-order valence-electron chi connectivity index (χ4n) is 3.00. The second kappa shape index (κ2) is 8.78. The zero-order valence-electron chi connectivity index (χ0n) is 15.2. The summed E-state index contributed by atoms with van der Waals surface area (Å²) < 4.78 is 5.22. The topological polar surface area (TPSA) is 60.3 Å². The Labute approximate surface area is 145 Å². The Bertz CT molecular complexity index is 552. The van der Waals surface area contributed by atoms with Gasteiger partial charge in [0.05, 0.1) is 7.11 Å². The summed E-state index contributed by atoms with van der Waals surface area (Å²) >= 11 is 0. The molecule has 1 fully saturated rings. The number of hydrogen-bond donors (Lipinski definition) is 2. The molecule has 0 aromatic heterocycles. The number of aliphatic imine (C=N–C) groups is 1. The van der Waals surface area contributed by atoms with Gasteiger partial charge in [-0.3, -0.25) is 9.89 Å². The van der Waals surface area contributed by atoms with E-state index in [2.05, 4.69) is 34.0 Å². The summed E-state index contributed by atoms with van der Waals surface area (Å²) in [4.78, 5) is 9.16. The molecule has 0 saturated carbocycles. The smallest absolute Gasteiger partial charge is 0.194 e. The first-order chi connectivity index (χ1) is 11.5. The van der Waals surface area contributed by atoms with Gasteiger partial charge < -0.3 is 20.1 Å². The molecule has 0 radical (unpaired) electrons. The normalized spacial score (nSPS) is 16.5. The molecule has 1 aromatic carbocycles. The summed E-state index contributed by atoms with van der Waals surface area (Å²) in [7, 11) is 3.42. The van der Waals surface area contributed by atoms with E-state index in [4.69, 9.17) is 4.74 Å². The Morgan fingerprint density at radius 1 is 1.29 bits per heavy atom. The maximum atomic E-state index is 9.99. The van der Waals surface area contributed by atoms with Crippen molar-refractivity contribution in [3.63, 3.8) is 0 Å². The van der Waals surface area contributed by atoms with Crippen LogP contribution in [0, 0.1) is 5.92 Å². The Morgan fingerprint density at radius 3 is 2.58 bits per heavy atom. The van der Waals surface area contributed by atoms with Gasteiger partial charge in [0.1, 0.15) is 11.5 Å². The first kappa shape index (κ1) is 18.4. The van der Waals surface area contributed by atoms with Gasteiger partial charge in [-0.1, -0.05) is 13.8 Å². The number of nitrogens with zero attached hydrogens (tertiary/aromatic N) is 3. The summed E-state index contributed by atoms with van der Waals surface area (Å²) in [5.74, 6) is 2.58. The standard InChI is InChI=1S/C18H30N4O2/c1-14(2)13-21-7-9-22(10-8-21)18(19-3)20-12-15-11-16(24-4)5-6-17(15)23/h5-6,11,14,23H,7-10,12-13H2,1-4H3,(H,19,20). The molecule has 0 atom stereocenters. The van der Waals surface area contributed by atoms with Gasteiger partial charge in [0.2, 0.25) is 0 Å². The van der Waals surface area contributed by atoms with E-state index in [1.165, 1.54) is 0 Å². The first-order valence-corrected chi connectivity index (χ1v) is 8.57. The predicted molar refractivity (Wildman–Crippen MR) is 97.7 cm³/mol. The largest absolute Gasteiger partial charge is 0.508 e. The summed E-state index contributed by atoms with van der Waals surface area (Å²) in [6, 6.07) is 5.25. The van der Waals surface area contributed by atoms with Crippen molar-refractivity contribution in [2.24, 2.45) is 10.9 Å². The lowest BCUT2D eigenvalue weighted by Crippen LogP contribution is -2.52. The molecule has 1 aliphatic heterocycles. The van der Waals surface area contributed by atoms with Crippen LogP contribution < -0.4 is 10.1 Å². The van der Waals surface area contributed by atoms with E-state index in [0.717, 1.165) is 50.0 Å². The molecule has 2 N–H and O–H groups in total. The molecule has 1 heterocycles. The predicted octanol–water partition coefficient (Wildman–Crippen LogP) is 1.75. The summed E-state index contributed by atoms with van der Waals surface area (Å²) in [5.41, 5.74) is 0.800. The molecule has 6 heteroatoms. The van der Waals surface area contributed by atoms with Crippen molar-refractivity contribution < 1.29 is 9.84 Å². The number of phenols is 1. The molecule has 24 heavy (non-hydrogen) atoms. The van der Waals surface area contributed by atoms with Gasteiger partial charge >= 0.3 is 0 Å². The van der Waals surface area contributed by atoms with E-state index in [-0.39, 0.29) is 5.75 Å². The van der Waals surface area contributed by atoms with Crippen LogP contribution >= 0.6 is 0 Å². The van der Waals surface area contributed by atoms with Crippen LogP contribution in [0.5, 0.6) is 11.5 Å². The zero-order valence-corrected chi connectivity index (χ0v) is 15.2. The van der Waals surface area contributed by atoms with Crippen LogP contribution in [0.15, 0.2) is 23.2 Å².